The van der Waals surface area contributed by atoms with Crippen LogP contribution >= 0.6 is 0 Å². The SMILES string of the molecule is O=[S-](O)=S.[AlH3]. The van der Waals surface area contributed by atoms with Crippen molar-refractivity contribution in [2.75, 3.05) is 0 Å². The zero-order valence-corrected chi connectivity index (χ0v) is 3.30. The van der Waals surface area contributed by atoms with Gasteiger partial charge in [-0.1, -0.05) is 9.64 Å². The minimum atomic E-state index is -2.03. The second-order valence-corrected chi connectivity index (χ2v) is 1.51. The van der Waals surface area contributed by atoms with Gasteiger partial charge in [-0.05, 0) is 0 Å². The molecule has 5 heteroatoms. The molecular weight excluding hydrogens is 123 g/mol. The predicted octanol–water partition coefficient (Wildman–Crippen LogP) is -1.30. The molecule has 0 aliphatic carbocycles. The summed E-state index contributed by atoms with van der Waals surface area (Å²) in [6.45, 7) is 0. The van der Waals surface area contributed by atoms with E-state index in [9.17, 15) is 0 Å². The summed E-state index contributed by atoms with van der Waals surface area (Å²) in [7, 11) is -2.03. The Bertz CT molecular complexity index is 56.0. The van der Waals surface area contributed by atoms with Crippen molar-refractivity contribution in [2.45, 2.75) is 0 Å². The van der Waals surface area contributed by atoms with E-state index in [0.29, 0.717) is 0 Å². The van der Waals surface area contributed by atoms with E-state index in [1.54, 1.807) is 0 Å². The van der Waals surface area contributed by atoms with Crippen LogP contribution in [-0.4, -0.2) is 21.9 Å². The van der Waals surface area contributed by atoms with Crippen LogP contribution in [0.1, 0.15) is 0 Å². The normalized spacial score (nSPS) is 6.80. The average Bonchev–Trinajstić information content (AvgIpc) is 0.811. The maximum Gasteiger partial charge on any atom is 0.187 e. The van der Waals surface area contributed by atoms with Gasteiger partial charge in [0, 0.05) is 0 Å². The van der Waals surface area contributed by atoms with Crippen LogP contribution in [0.2, 0.25) is 0 Å². The van der Waals surface area contributed by atoms with Gasteiger partial charge in [-0.3, -0.25) is 0 Å². The molecule has 0 aromatic carbocycles. The van der Waals surface area contributed by atoms with Crippen molar-refractivity contribution >= 4 is 38.2 Å². The molecule has 0 rings (SSSR count). The topological polar surface area (TPSA) is 37.3 Å². The van der Waals surface area contributed by atoms with Gasteiger partial charge in [0.1, 0.15) is 0 Å². The van der Waals surface area contributed by atoms with Crippen LogP contribution < -0.4 is 0 Å². The minimum Gasteiger partial charge on any atom is -0.459 e. The Kier molecular flexibility index (Phi) is 9.04. The Morgan fingerprint density at radius 2 is 1.80 bits per heavy atom. The molecule has 32 valence electrons. The van der Waals surface area contributed by atoms with Gasteiger partial charge in [0.25, 0.3) is 0 Å². The lowest BCUT2D eigenvalue weighted by Crippen LogP contribution is -1.51. The van der Waals surface area contributed by atoms with Crippen molar-refractivity contribution in [2.24, 2.45) is 0 Å². The largest absolute Gasteiger partial charge is 0.459 e. The maximum absolute atomic E-state index is 8.93. The molecule has 2 nitrogen and oxygen atoms in total. The molecule has 5 heavy (non-hydrogen) atoms. The molecule has 0 amide bonds. The van der Waals surface area contributed by atoms with E-state index < -0.39 is 9.64 Å². The Morgan fingerprint density at radius 3 is 1.80 bits per heavy atom. The predicted molar refractivity (Wildman–Crippen MR) is 28.0 cm³/mol. The van der Waals surface area contributed by atoms with E-state index in [0.717, 1.165) is 0 Å². The van der Waals surface area contributed by atoms with Gasteiger partial charge in [0.2, 0.25) is 0 Å². The van der Waals surface area contributed by atoms with E-state index >= 15 is 0 Å². The first-order valence-electron chi connectivity index (χ1n) is 0.516. The highest BCUT2D eigenvalue weighted by atomic mass is 32.8. The average molecular weight is 127 g/mol. The molecule has 0 aliphatic rings. The van der Waals surface area contributed by atoms with Crippen LogP contribution in [-0.2, 0) is 25.0 Å². The van der Waals surface area contributed by atoms with Crippen molar-refractivity contribution in [3.8, 4) is 0 Å². The third-order valence-corrected chi connectivity index (χ3v) is 0. The quantitative estimate of drug-likeness (QED) is 0.250. The molecule has 0 saturated heterocycles. The molecule has 0 aliphatic heterocycles. The summed E-state index contributed by atoms with van der Waals surface area (Å²) in [4.78, 5) is 0. The third kappa shape index (κ3) is 53.6. The summed E-state index contributed by atoms with van der Waals surface area (Å²) in [6, 6.07) is 0. The van der Waals surface area contributed by atoms with E-state index in [-0.39, 0.29) is 17.4 Å². The zero-order valence-electron chi connectivity index (χ0n) is 1.67. The van der Waals surface area contributed by atoms with Gasteiger partial charge in [0.05, 0.1) is 0 Å². The van der Waals surface area contributed by atoms with Gasteiger partial charge < -0.3 is 8.76 Å². The Balaban J connectivity index is 0. The summed E-state index contributed by atoms with van der Waals surface area (Å²) >= 11 is 3.65. The number of rotatable bonds is 0. The molecule has 0 radical (unpaired) electrons. The summed E-state index contributed by atoms with van der Waals surface area (Å²) < 4.78 is 16.3. The van der Waals surface area contributed by atoms with Crippen molar-refractivity contribution in [3.05, 3.63) is 0 Å². The molecule has 0 atom stereocenters. The molecule has 0 spiro atoms. The van der Waals surface area contributed by atoms with Crippen LogP contribution in [0.25, 0.3) is 0 Å². The van der Waals surface area contributed by atoms with Crippen molar-refractivity contribution in [1.29, 1.82) is 0 Å². The lowest BCUT2D eigenvalue weighted by molar-refractivity contribution is 0.536. The summed E-state index contributed by atoms with van der Waals surface area (Å²) in [5.74, 6) is 0. The summed E-state index contributed by atoms with van der Waals surface area (Å²) in [5, 5.41) is 0. The van der Waals surface area contributed by atoms with Crippen LogP contribution in [0.4, 0.5) is 0 Å². The lowest BCUT2D eigenvalue weighted by Gasteiger charge is -1.66. The second kappa shape index (κ2) is 4.86. The minimum absolute atomic E-state index is 0. The molecule has 0 fully saturated rings. The van der Waals surface area contributed by atoms with Gasteiger partial charge in [-0.15, -0.1) is 0 Å². The highest BCUT2D eigenvalue weighted by Crippen LogP contribution is 1.33. The fourth-order valence-electron chi connectivity index (χ4n) is 0. The summed E-state index contributed by atoms with van der Waals surface area (Å²) in [5.41, 5.74) is 0. The zero-order chi connectivity index (χ0) is 3.58. The molecule has 0 unspecified atom stereocenters. The van der Waals surface area contributed by atoms with E-state index in [4.69, 9.17) is 8.76 Å². The van der Waals surface area contributed by atoms with Crippen LogP contribution in [0.3, 0.4) is 0 Å². The van der Waals surface area contributed by atoms with Crippen LogP contribution in [0.5, 0.6) is 0 Å². The monoisotopic (exact) mass is 127 g/mol. The van der Waals surface area contributed by atoms with E-state index in [2.05, 4.69) is 11.2 Å². The Morgan fingerprint density at radius 1 is 1.80 bits per heavy atom. The molecular formula is H4AlO2S2-. The van der Waals surface area contributed by atoms with Crippen LogP contribution in [0, 0.1) is 0 Å². The van der Waals surface area contributed by atoms with E-state index in [1.807, 2.05) is 0 Å². The molecule has 0 aromatic rings. The molecule has 0 heterocycles. The van der Waals surface area contributed by atoms with Crippen molar-refractivity contribution in [3.63, 3.8) is 0 Å². The summed E-state index contributed by atoms with van der Waals surface area (Å²) in [6.07, 6.45) is 0. The lowest BCUT2D eigenvalue weighted by atomic mass is 15.9. The molecule has 0 saturated carbocycles. The first kappa shape index (κ1) is 9.29. The highest BCUT2D eigenvalue weighted by Gasteiger charge is 1.19. The molecule has 1 N–H and O–H groups in total. The molecule has 0 aromatic heterocycles. The van der Waals surface area contributed by atoms with Crippen molar-refractivity contribution in [1.82, 2.24) is 0 Å². The third-order valence-electron chi connectivity index (χ3n) is 0. The number of hydrogen-bond acceptors (Lipinski definition) is 3. The van der Waals surface area contributed by atoms with Gasteiger partial charge in [0.15, 0.2) is 17.4 Å². The smallest absolute Gasteiger partial charge is 0.187 e. The van der Waals surface area contributed by atoms with E-state index in [1.165, 1.54) is 0 Å². The molecule has 0 bridgehead atoms. The maximum atomic E-state index is 8.93. The number of hydrogen-bond donors (Lipinski definition) is 1. The standard InChI is InChI=1S/Al.HO2S2.3H/c;1-4(2)3;;;/h;(H,1,2,3);;;/q;-1;;;. The van der Waals surface area contributed by atoms with Gasteiger partial charge >= 0.3 is 0 Å². The first-order chi connectivity index (χ1) is 1.73. The fraction of sp³-hybridized carbons (Fsp3) is 0. The Labute approximate surface area is 47.2 Å². The van der Waals surface area contributed by atoms with Crippen LogP contribution in [0.15, 0.2) is 0 Å². The Hall–Kier alpha value is 0.862. The first-order valence-corrected chi connectivity index (χ1v) is 2.55. The van der Waals surface area contributed by atoms with Gasteiger partial charge in [-0.25, -0.2) is 11.2 Å². The van der Waals surface area contributed by atoms with Gasteiger partial charge in [-0.2, -0.15) is 0 Å². The van der Waals surface area contributed by atoms with Crippen molar-refractivity contribution < 1.29 is 8.76 Å². The highest BCUT2D eigenvalue weighted by molar-refractivity contribution is 8.18. The second-order valence-electron chi connectivity index (χ2n) is 0.217. The fourth-order valence-corrected chi connectivity index (χ4v) is 0.